The fourth-order valence-electron chi connectivity index (χ4n) is 1.09. The molecule has 1 atom stereocenters. The molecule has 0 aliphatic rings. The number of alkyl halides is 1. The molecule has 2 N–H and O–H groups in total. The average Bonchev–Trinajstić information content (AvgIpc) is 2.18. The number of benzene rings is 1. The number of hydrogen-bond donors (Lipinski definition) is 2. The maximum atomic E-state index is 13.6. The number of aromatic hydroxyl groups is 1. The van der Waals surface area contributed by atoms with E-state index in [1.807, 2.05) is 0 Å². The molecule has 4 heteroatoms. The summed E-state index contributed by atoms with van der Waals surface area (Å²) < 4.78 is 18.4. The standard InChI is InChI=1S/C10H13FO3/c1-10(11,6-12)7-3-4-8(13)9(5-7)14-2/h3-5,12-13H,6H2,1-2H3. The van der Waals surface area contributed by atoms with Gasteiger partial charge in [0.05, 0.1) is 13.7 Å². The van der Waals surface area contributed by atoms with Crippen molar-refractivity contribution in [2.75, 3.05) is 13.7 Å². The Labute approximate surface area is 81.8 Å². The first-order valence-corrected chi connectivity index (χ1v) is 4.18. The van der Waals surface area contributed by atoms with Gasteiger partial charge in [-0.3, -0.25) is 0 Å². The second kappa shape index (κ2) is 3.84. The van der Waals surface area contributed by atoms with Crippen molar-refractivity contribution in [1.82, 2.24) is 0 Å². The predicted octanol–water partition coefficient (Wildman–Crippen LogP) is 1.58. The van der Waals surface area contributed by atoms with E-state index >= 15 is 0 Å². The van der Waals surface area contributed by atoms with Gasteiger partial charge >= 0.3 is 0 Å². The number of phenolic OH excluding ortho intramolecular Hbond substituents is 1. The Morgan fingerprint density at radius 1 is 1.50 bits per heavy atom. The zero-order valence-electron chi connectivity index (χ0n) is 8.12. The van der Waals surface area contributed by atoms with Crippen LogP contribution < -0.4 is 4.74 Å². The van der Waals surface area contributed by atoms with Crippen LogP contribution in [0.1, 0.15) is 12.5 Å². The minimum Gasteiger partial charge on any atom is -0.504 e. The number of aliphatic hydroxyl groups excluding tert-OH is 1. The Kier molecular flexibility index (Phi) is 2.96. The Bertz CT molecular complexity index is 323. The molecule has 1 unspecified atom stereocenters. The molecule has 0 aliphatic carbocycles. The van der Waals surface area contributed by atoms with Gasteiger partial charge in [0.1, 0.15) is 0 Å². The topological polar surface area (TPSA) is 49.7 Å². The normalized spacial score (nSPS) is 14.9. The Balaban J connectivity index is 3.12. The first kappa shape index (κ1) is 10.8. The largest absolute Gasteiger partial charge is 0.504 e. The molecule has 0 saturated carbocycles. The molecule has 0 aromatic heterocycles. The summed E-state index contributed by atoms with van der Waals surface area (Å²) in [6.45, 7) is 0.653. The van der Waals surface area contributed by atoms with Crippen LogP contribution in [0.2, 0.25) is 0 Å². The van der Waals surface area contributed by atoms with Crippen LogP contribution in [0.5, 0.6) is 11.5 Å². The summed E-state index contributed by atoms with van der Waals surface area (Å²) in [5.41, 5.74) is -1.55. The fourth-order valence-corrected chi connectivity index (χ4v) is 1.09. The van der Waals surface area contributed by atoms with Crippen LogP contribution in [0, 0.1) is 0 Å². The predicted molar refractivity (Wildman–Crippen MR) is 50.2 cm³/mol. The number of hydrogen-bond acceptors (Lipinski definition) is 3. The number of aliphatic hydroxyl groups is 1. The van der Waals surface area contributed by atoms with Crippen molar-refractivity contribution in [1.29, 1.82) is 0 Å². The molecule has 0 aliphatic heterocycles. The maximum Gasteiger partial charge on any atom is 0.160 e. The Hall–Kier alpha value is -1.29. The van der Waals surface area contributed by atoms with Crippen molar-refractivity contribution in [2.45, 2.75) is 12.6 Å². The highest BCUT2D eigenvalue weighted by molar-refractivity contribution is 5.43. The molecule has 1 rings (SSSR count). The Morgan fingerprint density at radius 3 is 2.64 bits per heavy atom. The lowest BCUT2D eigenvalue weighted by molar-refractivity contribution is 0.0865. The molecule has 0 saturated heterocycles. The molecule has 1 aromatic carbocycles. The minimum absolute atomic E-state index is 0.0509. The van der Waals surface area contributed by atoms with E-state index in [9.17, 15) is 9.50 Å². The van der Waals surface area contributed by atoms with E-state index < -0.39 is 12.3 Å². The van der Waals surface area contributed by atoms with E-state index in [0.29, 0.717) is 0 Å². The SMILES string of the molecule is COc1cc(C(C)(F)CO)ccc1O. The molecule has 0 heterocycles. The lowest BCUT2D eigenvalue weighted by Crippen LogP contribution is -2.20. The fraction of sp³-hybridized carbons (Fsp3) is 0.400. The zero-order chi connectivity index (χ0) is 10.8. The van der Waals surface area contributed by atoms with Crippen LogP contribution in [0.25, 0.3) is 0 Å². The molecule has 0 radical (unpaired) electrons. The second-order valence-electron chi connectivity index (χ2n) is 3.24. The van der Waals surface area contributed by atoms with Gasteiger partial charge in [-0.15, -0.1) is 0 Å². The third-order valence-corrected chi connectivity index (χ3v) is 2.08. The number of ether oxygens (including phenoxy) is 1. The molecule has 1 aromatic rings. The third kappa shape index (κ3) is 1.96. The quantitative estimate of drug-likeness (QED) is 0.778. The van der Waals surface area contributed by atoms with Crippen LogP contribution >= 0.6 is 0 Å². The highest BCUT2D eigenvalue weighted by atomic mass is 19.1. The molecule has 0 bridgehead atoms. The molecular weight excluding hydrogens is 187 g/mol. The summed E-state index contributed by atoms with van der Waals surface area (Å²) in [6.07, 6.45) is 0. The van der Waals surface area contributed by atoms with Gasteiger partial charge in [0.15, 0.2) is 17.2 Å². The number of methoxy groups -OCH3 is 1. The summed E-state index contributed by atoms with van der Waals surface area (Å²) in [5.74, 6) is 0.143. The van der Waals surface area contributed by atoms with E-state index in [4.69, 9.17) is 9.84 Å². The lowest BCUT2D eigenvalue weighted by atomic mass is 9.98. The van der Waals surface area contributed by atoms with E-state index in [2.05, 4.69) is 0 Å². The van der Waals surface area contributed by atoms with Crippen LogP contribution in [-0.2, 0) is 5.67 Å². The molecule has 78 valence electrons. The first-order valence-electron chi connectivity index (χ1n) is 4.18. The smallest absolute Gasteiger partial charge is 0.160 e. The lowest BCUT2D eigenvalue weighted by Gasteiger charge is -2.18. The Morgan fingerprint density at radius 2 is 2.14 bits per heavy atom. The highest BCUT2D eigenvalue weighted by Gasteiger charge is 2.25. The van der Waals surface area contributed by atoms with Gasteiger partial charge in [0.25, 0.3) is 0 Å². The van der Waals surface area contributed by atoms with Crippen molar-refractivity contribution < 1.29 is 19.3 Å². The van der Waals surface area contributed by atoms with E-state index in [0.717, 1.165) is 0 Å². The van der Waals surface area contributed by atoms with Gasteiger partial charge in [-0.25, -0.2) is 4.39 Å². The molecule has 0 fully saturated rings. The molecule has 0 amide bonds. The van der Waals surface area contributed by atoms with Gasteiger partial charge in [0.2, 0.25) is 0 Å². The number of rotatable bonds is 3. The van der Waals surface area contributed by atoms with Crippen molar-refractivity contribution in [2.24, 2.45) is 0 Å². The maximum absolute atomic E-state index is 13.6. The van der Waals surface area contributed by atoms with Crippen molar-refractivity contribution >= 4 is 0 Å². The zero-order valence-corrected chi connectivity index (χ0v) is 8.12. The molecule has 3 nitrogen and oxygen atoms in total. The summed E-state index contributed by atoms with van der Waals surface area (Å²) in [7, 11) is 1.38. The van der Waals surface area contributed by atoms with E-state index in [-0.39, 0.29) is 17.1 Å². The van der Waals surface area contributed by atoms with Crippen LogP contribution in [0.3, 0.4) is 0 Å². The second-order valence-corrected chi connectivity index (χ2v) is 3.24. The van der Waals surface area contributed by atoms with Gasteiger partial charge in [-0.1, -0.05) is 6.07 Å². The van der Waals surface area contributed by atoms with Gasteiger partial charge < -0.3 is 14.9 Å². The van der Waals surface area contributed by atoms with Crippen LogP contribution in [-0.4, -0.2) is 23.9 Å². The van der Waals surface area contributed by atoms with Crippen molar-refractivity contribution in [3.05, 3.63) is 23.8 Å². The third-order valence-electron chi connectivity index (χ3n) is 2.08. The van der Waals surface area contributed by atoms with Crippen LogP contribution in [0.15, 0.2) is 18.2 Å². The minimum atomic E-state index is -1.82. The summed E-state index contributed by atoms with van der Waals surface area (Å²) in [6, 6.07) is 4.11. The summed E-state index contributed by atoms with van der Waals surface area (Å²) in [4.78, 5) is 0. The van der Waals surface area contributed by atoms with Crippen molar-refractivity contribution in [3.63, 3.8) is 0 Å². The highest BCUT2D eigenvalue weighted by Crippen LogP contribution is 2.32. The average molecular weight is 200 g/mol. The summed E-state index contributed by atoms with van der Waals surface area (Å²) >= 11 is 0. The van der Waals surface area contributed by atoms with Crippen molar-refractivity contribution in [3.8, 4) is 11.5 Å². The van der Waals surface area contributed by atoms with E-state index in [1.54, 1.807) is 0 Å². The monoisotopic (exact) mass is 200 g/mol. The van der Waals surface area contributed by atoms with Gasteiger partial charge in [-0.2, -0.15) is 0 Å². The van der Waals surface area contributed by atoms with Gasteiger partial charge in [0, 0.05) is 0 Å². The molecule has 0 spiro atoms. The first-order chi connectivity index (χ1) is 6.51. The van der Waals surface area contributed by atoms with Crippen LogP contribution in [0.4, 0.5) is 4.39 Å². The molecule has 14 heavy (non-hydrogen) atoms. The summed E-state index contributed by atoms with van der Waals surface area (Å²) in [5, 5.41) is 18.1. The number of halogens is 1. The molecular formula is C10H13FO3. The van der Waals surface area contributed by atoms with Gasteiger partial charge in [-0.05, 0) is 24.6 Å². The number of phenols is 1. The van der Waals surface area contributed by atoms with E-state index in [1.165, 1.54) is 32.2 Å².